The molecule has 76 valence electrons. The first kappa shape index (κ1) is 9.21. The molecule has 1 aromatic heterocycles. The van der Waals surface area contributed by atoms with Gasteiger partial charge in [0.05, 0.1) is 12.3 Å². The van der Waals surface area contributed by atoms with Crippen LogP contribution in [0.2, 0.25) is 0 Å². The Morgan fingerprint density at radius 2 is 2.57 bits per heavy atom. The molecule has 1 aromatic rings. The van der Waals surface area contributed by atoms with Crippen LogP contribution in [-0.4, -0.2) is 34.1 Å². The molecule has 0 amide bonds. The Balaban J connectivity index is 2.27. The Labute approximate surface area is 81.3 Å². The van der Waals surface area contributed by atoms with Gasteiger partial charge in [-0.05, 0) is 12.5 Å². The monoisotopic (exact) mass is 196 g/mol. The van der Waals surface area contributed by atoms with Crippen LogP contribution in [0, 0.1) is 0 Å². The van der Waals surface area contributed by atoms with E-state index in [2.05, 4.69) is 5.10 Å². The van der Waals surface area contributed by atoms with E-state index in [1.807, 2.05) is 0 Å². The van der Waals surface area contributed by atoms with Gasteiger partial charge in [-0.1, -0.05) is 0 Å². The number of nitrogens with zero attached hydrogens (tertiary/aromatic N) is 2. The predicted octanol–water partition coefficient (Wildman–Crippen LogP) is 0.622. The molecule has 0 bridgehead atoms. The van der Waals surface area contributed by atoms with Gasteiger partial charge in [0.2, 0.25) is 0 Å². The van der Waals surface area contributed by atoms with E-state index >= 15 is 0 Å². The lowest BCUT2D eigenvalue weighted by atomic mass is 10.1. The quantitative estimate of drug-likeness (QED) is 0.753. The number of aromatic carboxylic acids is 1. The second kappa shape index (κ2) is 3.42. The van der Waals surface area contributed by atoms with Crippen molar-refractivity contribution in [2.24, 2.45) is 7.05 Å². The lowest BCUT2D eigenvalue weighted by Crippen LogP contribution is -2.05. The van der Waals surface area contributed by atoms with Crippen molar-refractivity contribution >= 4 is 5.97 Å². The summed E-state index contributed by atoms with van der Waals surface area (Å²) in [5.41, 5.74) is 1.05. The summed E-state index contributed by atoms with van der Waals surface area (Å²) in [6.45, 7) is 1.39. The Bertz CT molecular complexity index is 353. The lowest BCUT2D eigenvalue weighted by molar-refractivity contribution is 0.0685. The number of aryl methyl sites for hydroxylation is 1. The molecule has 2 rings (SSSR count). The minimum absolute atomic E-state index is 0.229. The maximum Gasteiger partial charge on any atom is 0.354 e. The largest absolute Gasteiger partial charge is 0.477 e. The van der Waals surface area contributed by atoms with Gasteiger partial charge in [-0.15, -0.1) is 0 Å². The van der Waals surface area contributed by atoms with E-state index in [0.29, 0.717) is 6.61 Å². The summed E-state index contributed by atoms with van der Waals surface area (Å²) >= 11 is 0. The zero-order chi connectivity index (χ0) is 10.1. The number of ether oxygens (including phenoxy) is 1. The van der Waals surface area contributed by atoms with Crippen LogP contribution in [0.15, 0.2) is 6.07 Å². The highest BCUT2D eigenvalue weighted by Gasteiger charge is 2.22. The van der Waals surface area contributed by atoms with Gasteiger partial charge in [-0.25, -0.2) is 4.79 Å². The molecule has 1 aliphatic rings. The molecule has 1 fully saturated rings. The van der Waals surface area contributed by atoms with Gasteiger partial charge in [-0.2, -0.15) is 5.10 Å². The Hall–Kier alpha value is -1.36. The Kier molecular flexibility index (Phi) is 2.25. The van der Waals surface area contributed by atoms with E-state index in [1.54, 1.807) is 13.1 Å². The summed E-state index contributed by atoms with van der Waals surface area (Å²) < 4.78 is 6.62. The second-order valence-corrected chi connectivity index (χ2v) is 3.44. The molecule has 0 saturated carbocycles. The number of hydrogen-bond acceptors (Lipinski definition) is 3. The molecule has 0 aromatic carbocycles. The molecule has 0 aliphatic carbocycles. The van der Waals surface area contributed by atoms with Gasteiger partial charge in [0.25, 0.3) is 0 Å². The molecule has 0 radical (unpaired) electrons. The fourth-order valence-corrected chi connectivity index (χ4v) is 1.66. The lowest BCUT2D eigenvalue weighted by Gasteiger charge is -2.00. The van der Waals surface area contributed by atoms with Gasteiger partial charge in [-0.3, -0.25) is 4.68 Å². The van der Waals surface area contributed by atoms with Crippen LogP contribution < -0.4 is 0 Å². The average molecular weight is 196 g/mol. The van der Waals surface area contributed by atoms with Crippen molar-refractivity contribution in [1.29, 1.82) is 0 Å². The molecule has 5 nitrogen and oxygen atoms in total. The topological polar surface area (TPSA) is 64.4 Å². The van der Waals surface area contributed by atoms with Crippen molar-refractivity contribution in [3.8, 4) is 0 Å². The summed E-state index contributed by atoms with van der Waals surface area (Å²) in [4.78, 5) is 10.8. The number of carboxylic acid groups (broad SMARTS) is 1. The second-order valence-electron chi connectivity index (χ2n) is 3.44. The number of carboxylic acids is 1. The van der Waals surface area contributed by atoms with E-state index in [-0.39, 0.29) is 11.6 Å². The third kappa shape index (κ3) is 1.50. The highest BCUT2D eigenvalue weighted by atomic mass is 16.5. The van der Waals surface area contributed by atoms with Crippen molar-refractivity contribution in [3.05, 3.63) is 17.5 Å². The molecule has 1 atom stereocenters. The summed E-state index contributed by atoms with van der Waals surface area (Å²) in [5.74, 6) is -0.681. The van der Waals surface area contributed by atoms with E-state index < -0.39 is 5.97 Å². The smallest absolute Gasteiger partial charge is 0.354 e. The molecule has 2 heterocycles. The van der Waals surface area contributed by atoms with Gasteiger partial charge in [0.1, 0.15) is 5.69 Å². The summed E-state index contributed by atoms with van der Waals surface area (Å²) in [6, 6.07) is 1.63. The highest BCUT2D eigenvalue weighted by molar-refractivity contribution is 5.85. The highest BCUT2D eigenvalue weighted by Crippen LogP contribution is 2.24. The van der Waals surface area contributed by atoms with Gasteiger partial charge < -0.3 is 9.84 Å². The van der Waals surface area contributed by atoms with E-state index in [9.17, 15) is 4.79 Å². The van der Waals surface area contributed by atoms with Gasteiger partial charge in [0.15, 0.2) is 0 Å². The molecule has 1 saturated heterocycles. The first-order valence-corrected chi connectivity index (χ1v) is 4.53. The normalized spacial score (nSPS) is 21.4. The standard InChI is InChI=1S/C9H12N2O3/c1-11-8(9(12)13)4-7(10-11)6-2-3-14-5-6/h4,6H,2-3,5H2,1H3,(H,12,13)/t6-/m1/s1. The minimum Gasteiger partial charge on any atom is -0.477 e. The summed E-state index contributed by atoms with van der Waals surface area (Å²) in [6.07, 6.45) is 0.927. The molecule has 1 aliphatic heterocycles. The third-order valence-corrected chi connectivity index (χ3v) is 2.47. The zero-order valence-electron chi connectivity index (χ0n) is 7.93. The minimum atomic E-state index is -0.940. The van der Waals surface area contributed by atoms with E-state index in [0.717, 1.165) is 18.7 Å². The maximum atomic E-state index is 10.8. The first-order chi connectivity index (χ1) is 6.68. The Morgan fingerprint density at radius 3 is 3.07 bits per heavy atom. The summed E-state index contributed by atoms with van der Waals surface area (Å²) in [7, 11) is 1.64. The van der Waals surface area contributed by atoms with Crippen LogP contribution in [0.3, 0.4) is 0 Å². The molecule has 5 heteroatoms. The number of rotatable bonds is 2. The average Bonchev–Trinajstić information content (AvgIpc) is 2.70. The van der Waals surface area contributed by atoms with Crippen molar-refractivity contribution in [2.45, 2.75) is 12.3 Å². The first-order valence-electron chi connectivity index (χ1n) is 4.53. The summed E-state index contributed by atoms with van der Waals surface area (Å²) in [5, 5.41) is 13.0. The van der Waals surface area contributed by atoms with Crippen LogP contribution in [0.25, 0.3) is 0 Å². The van der Waals surface area contributed by atoms with Crippen LogP contribution in [-0.2, 0) is 11.8 Å². The molecule has 0 spiro atoms. The van der Waals surface area contributed by atoms with E-state index in [4.69, 9.17) is 9.84 Å². The molecular weight excluding hydrogens is 184 g/mol. The molecular formula is C9H12N2O3. The van der Waals surface area contributed by atoms with Crippen LogP contribution in [0.4, 0.5) is 0 Å². The Morgan fingerprint density at radius 1 is 1.79 bits per heavy atom. The van der Waals surface area contributed by atoms with Crippen LogP contribution in [0.1, 0.15) is 28.5 Å². The fraction of sp³-hybridized carbons (Fsp3) is 0.556. The molecule has 14 heavy (non-hydrogen) atoms. The molecule has 0 unspecified atom stereocenters. The predicted molar refractivity (Wildman–Crippen MR) is 48.3 cm³/mol. The van der Waals surface area contributed by atoms with Crippen molar-refractivity contribution in [2.75, 3.05) is 13.2 Å². The zero-order valence-corrected chi connectivity index (χ0v) is 7.93. The fourth-order valence-electron chi connectivity index (χ4n) is 1.66. The number of aromatic nitrogens is 2. The van der Waals surface area contributed by atoms with Crippen molar-refractivity contribution < 1.29 is 14.6 Å². The van der Waals surface area contributed by atoms with Crippen LogP contribution in [0.5, 0.6) is 0 Å². The van der Waals surface area contributed by atoms with Crippen LogP contribution >= 0.6 is 0 Å². The van der Waals surface area contributed by atoms with Crippen molar-refractivity contribution in [3.63, 3.8) is 0 Å². The number of hydrogen-bond donors (Lipinski definition) is 1. The number of carbonyl (C=O) groups is 1. The van der Waals surface area contributed by atoms with E-state index in [1.165, 1.54) is 4.68 Å². The van der Waals surface area contributed by atoms with Crippen molar-refractivity contribution in [1.82, 2.24) is 9.78 Å². The SMILES string of the molecule is Cn1nc([C@@H]2CCOC2)cc1C(=O)O. The maximum absolute atomic E-state index is 10.8. The van der Waals surface area contributed by atoms with Gasteiger partial charge >= 0.3 is 5.97 Å². The van der Waals surface area contributed by atoms with Gasteiger partial charge in [0, 0.05) is 19.6 Å². The molecule has 1 N–H and O–H groups in total. The third-order valence-electron chi connectivity index (χ3n) is 2.47.